The summed E-state index contributed by atoms with van der Waals surface area (Å²) in [6.07, 6.45) is 4.26. The van der Waals surface area contributed by atoms with Crippen LogP contribution in [0.1, 0.15) is 27.4 Å². The van der Waals surface area contributed by atoms with Gasteiger partial charge in [0.25, 0.3) is 0 Å². The summed E-state index contributed by atoms with van der Waals surface area (Å²) in [4.78, 5) is 13.0. The summed E-state index contributed by atoms with van der Waals surface area (Å²) in [7, 11) is 0. The fourth-order valence-corrected chi connectivity index (χ4v) is 2.48. The van der Waals surface area contributed by atoms with Crippen LogP contribution in [-0.2, 0) is 6.42 Å². The third-order valence-electron chi connectivity index (χ3n) is 2.50. The highest BCUT2D eigenvalue weighted by atomic mass is 32.1. The van der Waals surface area contributed by atoms with Gasteiger partial charge in [-0.05, 0) is 13.8 Å². The Kier molecular flexibility index (Phi) is 3.33. The van der Waals surface area contributed by atoms with Crippen molar-refractivity contribution in [1.82, 2.24) is 20.4 Å². The van der Waals surface area contributed by atoms with Crippen molar-refractivity contribution < 1.29 is 0 Å². The molecule has 4 N–H and O–H groups in total. The van der Waals surface area contributed by atoms with Gasteiger partial charge in [-0.1, -0.05) is 0 Å². The molecule has 1 unspecified atom stereocenters. The van der Waals surface area contributed by atoms with Crippen molar-refractivity contribution in [2.24, 2.45) is 5.84 Å². The van der Waals surface area contributed by atoms with Crippen LogP contribution in [0.3, 0.4) is 0 Å². The molecular formula is C10H15N5S. The summed E-state index contributed by atoms with van der Waals surface area (Å²) >= 11 is 1.71. The van der Waals surface area contributed by atoms with Gasteiger partial charge in [-0.25, -0.2) is 15.4 Å². The van der Waals surface area contributed by atoms with E-state index in [-0.39, 0.29) is 6.04 Å². The molecule has 0 spiro atoms. The molecular weight excluding hydrogens is 222 g/mol. The average molecular weight is 237 g/mol. The van der Waals surface area contributed by atoms with E-state index in [1.807, 2.05) is 6.92 Å². The lowest BCUT2D eigenvalue weighted by atomic mass is 10.2. The number of aromatic amines is 1. The maximum atomic E-state index is 5.52. The molecule has 2 heterocycles. The number of H-pyrrole nitrogens is 1. The van der Waals surface area contributed by atoms with E-state index in [1.165, 1.54) is 4.88 Å². The fourth-order valence-electron chi connectivity index (χ4n) is 1.50. The molecule has 0 amide bonds. The summed E-state index contributed by atoms with van der Waals surface area (Å²) in [5, 5.41) is 1.08. The van der Waals surface area contributed by atoms with Crippen LogP contribution in [0.25, 0.3) is 0 Å². The standard InChI is InChI=1S/C10H15N5S/c1-6-7(2)16-9(14-6)5-8(15-11)10-12-3-4-13-10/h3-4,8,15H,5,11H2,1-2H3,(H,12,13). The van der Waals surface area contributed by atoms with E-state index in [1.54, 1.807) is 23.7 Å². The zero-order valence-electron chi connectivity index (χ0n) is 9.32. The first-order valence-corrected chi connectivity index (χ1v) is 5.90. The molecule has 0 fully saturated rings. The third kappa shape index (κ3) is 2.29. The van der Waals surface area contributed by atoms with Crippen LogP contribution in [-0.4, -0.2) is 15.0 Å². The number of imidazole rings is 1. The summed E-state index contributed by atoms with van der Waals surface area (Å²) in [5.74, 6) is 6.36. The van der Waals surface area contributed by atoms with Crippen molar-refractivity contribution in [2.75, 3.05) is 0 Å². The minimum absolute atomic E-state index is 0.0139. The molecule has 0 aliphatic heterocycles. The van der Waals surface area contributed by atoms with E-state index < -0.39 is 0 Å². The fraction of sp³-hybridized carbons (Fsp3) is 0.400. The van der Waals surface area contributed by atoms with E-state index in [9.17, 15) is 0 Å². The first-order chi connectivity index (χ1) is 7.70. The summed E-state index contributed by atoms with van der Waals surface area (Å²) in [6, 6.07) is -0.0139. The molecule has 2 rings (SSSR count). The number of rotatable bonds is 4. The Labute approximate surface area is 98.1 Å². The normalized spacial score (nSPS) is 12.9. The lowest BCUT2D eigenvalue weighted by molar-refractivity contribution is 0.526. The van der Waals surface area contributed by atoms with E-state index in [0.29, 0.717) is 0 Å². The minimum atomic E-state index is -0.0139. The molecule has 2 aromatic heterocycles. The Morgan fingerprint density at radius 3 is 2.88 bits per heavy atom. The highest BCUT2D eigenvalue weighted by Crippen LogP contribution is 2.21. The SMILES string of the molecule is Cc1nc(CC(NN)c2ncc[nH]2)sc1C. The molecule has 1 atom stereocenters. The van der Waals surface area contributed by atoms with Crippen LogP contribution >= 0.6 is 11.3 Å². The van der Waals surface area contributed by atoms with Crippen LogP contribution in [0.2, 0.25) is 0 Å². The molecule has 6 heteroatoms. The molecule has 0 aliphatic carbocycles. The second kappa shape index (κ2) is 4.73. The van der Waals surface area contributed by atoms with E-state index in [0.717, 1.165) is 22.9 Å². The smallest absolute Gasteiger partial charge is 0.125 e. The maximum absolute atomic E-state index is 5.52. The zero-order chi connectivity index (χ0) is 11.5. The number of hydrogen-bond acceptors (Lipinski definition) is 5. The predicted octanol–water partition coefficient (Wildman–Crippen LogP) is 1.23. The van der Waals surface area contributed by atoms with Crippen LogP contribution in [0.4, 0.5) is 0 Å². The Morgan fingerprint density at radius 1 is 1.56 bits per heavy atom. The zero-order valence-corrected chi connectivity index (χ0v) is 10.1. The van der Waals surface area contributed by atoms with Crippen LogP contribution in [0.5, 0.6) is 0 Å². The lowest BCUT2D eigenvalue weighted by Gasteiger charge is -2.10. The number of hydrazine groups is 1. The van der Waals surface area contributed by atoms with Gasteiger partial charge in [0.2, 0.25) is 0 Å². The monoisotopic (exact) mass is 237 g/mol. The van der Waals surface area contributed by atoms with Crippen molar-refractivity contribution in [2.45, 2.75) is 26.3 Å². The predicted molar refractivity (Wildman–Crippen MR) is 63.9 cm³/mol. The minimum Gasteiger partial charge on any atom is -0.347 e. The number of aromatic nitrogens is 3. The number of hydrogen-bond donors (Lipinski definition) is 3. The first kappa shape index (κ1) is 11.3. The molecule has 0 saturated carbocycles. The molecule has 0 bridgehead atoms. The van der Waals surface area contributed by atoms with Gasteiger partial charge in [0.1, 0.15) is 5.82 Å². The summed E-state index contributed by atoms with van der Waals surface area (Å²) < 4.78 is 0. The third-order valence-corrected chi connectivity index (χ3v) is 3.60. The maximum Gasteiger partial charge on any atom is 0.125 e. The highest BCUT2D eigenvalue weighted by molar-refractivity contribution is 7.11. The van der Waals surface area contributed by atoms with Gasteiger partial charge in [-0.15, -0.1) is 11.3 Å². The van der Waals surface area contributed by atoms with Gasteiger partial charge < -0.3 is 4.98 Å². The van der Waals surface area contributed by atoms with E-state index >= 15 is 0 Å². The summed E-state index contributed by atoms with van der Waals surface area (Å²) in [6.45, 7) is 4.10. The van der Waals surface area contributed by atoms with Gasteiger partial charge in [0.05, 0.1) is 16.7 Å². The highest BCUT2D eigenvalue weighted by Gasteiger charge is 2.15. The van der Waals surface area contributed by atoms with Crippen LogP contribution in [0, 0.1) is 13.8 Å². The topological polar surface area (TPSA) is 79.6 Å². The molecule has 16 heavy (non-hydrogen) atoms. The van der Waals surface area contributed by atoms with Crippen molar-refractivity contribution in [3.8, 4) is 0 Å². The number of thiazole rings is 1. The Balaban J connectivity index is 2.13. The molecule has 0 saturated heterocycles. The first-order valence-electron chi connectivity index (χ1n) is 5.09. The van der Waals surface area contributed by atoms with Crippen LogP contribution < -0.4 is 11.3 Å². The van der Waals surface area contributed by atoms with Crippen molar-refractivity contribution in [3.05, 3.63) is 33.8 Å². The number of nitrogens with one attached hydrogen (secondary N) is 2. The lowest BCUT2D eigenvalue weighted by Crippen LogP contribution is -2.30. The molecule has 0 aromatic carbocycles. The molecule has 2 aromatic rings. The molecule has 86 valence electrons. The number of nitrogens with two attached hydrogens (primary N) is 1. The van der Waals surface area contributed by atoms with Gasteiger partial charge in [-0.3, -0.25) is 5.84 Å². The summed E-state index contributed by atoms with van der Waals surface area (Å²) in [5.41, 5.74) is 3.85. The van der Waals surface area contributed by atoms with Crippen LogP contribution in [0.15, 0.2) is 12.4 Å². The van der Waals surface area contributed by atoms with Gasteiger partial charge in [0.15, 0.2) is 0 Å². The van der Waals surface area contributed by atoms with E-state index in [4.69, 9.17) is 5.84 Å². The van der Waals surface area contributed by atoms with Crippen molar-refractivity contribution in [3.63, 3.8) is 0 Å². The molecule has 0 radical (unpaired) electrons. The quantitative estimate of drug-likeness (QED) is 0.552. The van der Waals surface area contributed by atoms with Gasteiger partial charge in [-0.2, -0.15) is 0 Å². The Bertz CT molecular complexity index is 428. The average Bonchev–Trinajstić information content (AvgIpc) is 2.86. The van der Waals surface area contributed by atoms with Gasteiger partial charge >= 0.3 is 0 Å². The molecule has 0 aliphatic rings. The number of nitrogens with zero attached hydrogens (tertiary/aromatic N) is 2. The second-order valence-corrected chi connectivity index (χ2v) is 4.93. The largest absolute Gasteiger partial charge is 0.347 e. The van der Waals surface area contributed by atoms with Crippen molar-refractivity contribution >= 4 is 11.3 Å². The molecule has 5 nitrogen and oxygen atoms in total. The van der Waals surface area contributed by atoms with Crippen molar-refractivity contribution in [1.29, 1.82) is 0 Å². The second-order valence-electron chi connectivity index (χ2n) is 3.65. The Morgan fingerprint density at radius 2 is 2.38 bits per heavy atom. The van der Waals surface area contributed by atoms with E-state index in [2.05, 4.69) is 27.3 Å². The number of aryl methyl sites for hydroxylation is 2. The van der Waals surface area contributed by atoms with Gasteiger partial charge in [0, 0.05) is 23.7 Å². The Hall–Kier alpha value is -1.24.